The molecule has 1 aromatic heterocycles. The summed E-state index contributed by atoms with van der Waals surface area (Å²) in [7, 11) is 0. The molecule has 0 atom stereocenters. The van der Waals surface area contributed by atoms with Gasteiger partial charge in [-0.2, -0.15) is 0 Å². The highest BCUT2D eigenvalue weighted by Gasteiger charge is 2.15. The monoisotopic (exact) mass is 175 g/mol. The molecular formula is C8H8F3N. The molecule has 1 heterocycles. The summed E-state index contributed by atoms with van der Waals surface area (Å²) in [4.78, 5) is 3.62. The van der Waals surface area contributed by atoms with Crippen LogP contribution in [0, 0.1) is 6.92 Å². The molecule has 0 unspecified atom stereocenters. The van der Waals surface area contributed by atoms with Crippen molar-refractivity contribution in [2.24, 2.45) is 0 Å². The highest BCUT2D eigenvalue weighted by Crippen LogP contribution is 2.25. The predicted octanol–water partition coefficient (Wildman–Crippen LogP) is 2.80. The summed E-state index contributed by atoms with van der Waals surface area (Å²) in [6.07, 6.45) is -0.187. The average molecular weight is 175 g/mol. The lowest BCUT2D eigenvalue weighted by Gasteiger charge is -2.07. The van der Waals surface area contributed by atoms with E-state index in [4.69, 9.17) is 0 Å². The van der Waals surface area contributed by atoms with E-state index < -0.39 is 13.1 Å². The SMILES string of the molecule is Cc1cncc(CF)c1C(F)F. The quantitative estimate of drug-likeness (QED) is 0.673. The first kappa shape index (κ1) is 9.03. The first-order chi connectivity index (χ1) is 5.66. The summed E-state index contributed by atoms with van der Waals surface area (Å²) in [5.74, 6) is 0. The van der Waals surface area contributed by atoms with Crippen LogP contribution in [0.2, 0.25) is 0 Å². The third-order valence-corrected chi connectivity index (χ3v) is 1.63. The molecule has 12 heavy (non-hydrogen) atoms. The Labute approximate surface area is 68.2 Å². The Morgan fingerprint density at radius 3 is 2.50 bits per heavy atom. The van der Waals surface area contributed by atoms with Gasteiger partial charge in [0.25, 0.3) is 6.43 Å². The number of rotatable bonds is 2. The molecule has 0 aliphatic heterocycles. The van der Waals surface area contributed by atoms with Crippen molar-refractivity contribution in [3.8, 4) is 0 Å². The zero-order chi connectivity index (χ0) is 9.14. The molecule has 0 amide bonds. The van der Waals surface area contributed by atoms with Crippen LogP contribution in [-0.2, 0) is 6.67 Å². The van der Waals surface area contributed by atoms with Gasteiger partial charge in [-0.15, -0.1) is 0 Å². The number of hydrogen-bond donors (Lipinski definition) is 0. The molecule has 1 aromatic rings. The van der Waals surface area contributed by atoms with E-state index in [-0.39, 0.29) is 11.1 Å². The molecule has 0 saturated carbocycles. The molecule has 0 aromatic carbocycles. The van der Waals surface area contributed by atoms with Crippen LogP contribution < -0.4 is 0 Å². The maximum absolute atomic E-state index is 12.3. The van der Waals surface area contributed by atoms with E-state index in [0.717, 1.165) is 6.20 Å². The van der Waals surface area contributed by atoms with Gasteiger partial charge in [0.05, 0.1) is 0 Å². The number of alkyl halides is 3. The van der Waals surface area contributed by atoms with Crippen molar-refractivity contribution >= 4 is 0 Å². The minimum atomic E-state index is -2.63. The molecule has 4 heteroatoms. The number of halogens is 3. The second-order valence-electron chi connectivity index (χ2n) is 2.46. The summed E-state index contributed by atoms with van der Waals surface area (Å²) in [5.41, 5.74) is 0.0812. The molecule has 0 saturated heterocycles. The van der Waals surface area contributed by atoms with Crippen molar-refractivity contribution < 1.29 is 13.2 Å². The van der Waals surface area contributed by atoms with E-state index in [0.29, 0.717) is 5.56 Å². The van der Waals surface area contributed by atoms with Gasteiger partial charge in [0.2, 0.25) is 0 Å². The van der Waals surface area contributed by atoms with E-state index in [1.165, 1.54) is 13.1 Å². The Balaban J connectivity index is 3.20. The normalized spacial score (nSPS) is 10.8. The molecule has 0 fully saturated rings. The topological polar surface area (TPSA) is 12.9 Å². The molecular weight excluding hydrogens is 167 g/mol. The zero-order valence-corrected chi connectivity index (χ0v) is 6.52. The zero-order valence-electron chi connectivity index (χ0n) is 6.52. The van der Waals surface area contributed by atoms with Crippen molar-refractivity contribution in [3.63, 3.8) is 0 Å². The molecule has 1 rings (SSSR count). The minimum absolute atomic E-state index is 0.0231. The highest BCUT2D eigenvalue weighted by molar-refractivity contribution is 5.31. The van der Waals surface area contributed by atoms with Crippen LogP contribution in [0.25, 0.3) is 0 Å². The summed E-state index contributed by atoms with van der Waals surface area (Å²) in [6, 6.07) is 0. The van der Waals surface area contributed by atoms with E-state index in [9.17, 15) is 13.2 Å². The van der Waals surface area contributed by atoms with Crippen LogP contribution in [0.5, 0.6) is 0 Å². The summed E-state index contributed by atoms with van der Waals surface area (Å²) >= 11 is 0. The largest absolute Gasteiger partial charge is 0.264 e. The fraction of sp³-hybridized carbons (Fsp3) is 0.375. The van der Waals surface area contributed by atoms with E-state index in [1.807, 2.05) is 0 Å². The summed E-state index contributed by atoms with van der Waals surface area (Å²) in [5, 5.41) is 0. The first-order valence-electron chi connectivity index (χ1n) is 3.44. The Morgan fingerprint density at radius 2 is 2.08 bits per heavy atom. The van der Waals surface area contributed by atoms with Gasteiger partial charge in [-0.05, 0) is 12.5 Å². The third kappa shape index (κ3) is 1.57. The van der Waals surface area contributed by atoms with Crippen molar-refractivity contribution in [3.05, 3.63) is 29.1 Å². The van der Waals surface area contributed by atoms with Gasteiger partial charge < -0.3 is 0 Å². The number of nitrogens with zero attached hydrogens (tertiary/aromatic N) is 1. The van der Waals surface area contributed by atoms with Crippen LogP contribution in [0.1, 0.15) is 23.1 Å². The highest BCUT2D eigenvalue weighted by atomic mass is 19.3. The first-order valence-corrected chi connectivity index (χ1v) is 3.44. The smallest absolute Gasteiger partial charge is 0.264 e. The third-order valence-electron chi connectivity index (χ3n) is 1.63. The predicted molar refractivity (Wildman–Crippen MR) is 38.7 cm³/mol. The van der Waals surface area contributed by atoms with Gasteiger partial charge in [0, 0.05) is 23.5 Å². The fourth-order valence-electron chi connectivity index (χ4n) is 1.05. The average Bonchev–Trinajstić information content (AvgIpc) is 2.03. The number of aromatic nitrogens is 1. The van der Waals surface area contributed by atoms with E-state index in [2.05, 4.69) is 4.98 Å². The molecule has 0 bridgehead atoms. The van der Waals surface area contributed by atoms with Crippen LogP contribution in [0.3, 0.4) is 0 Å². The van der Waals surface area contributed by atoms with Crippen LogP contribution in [0.15, 0.2) is 12.4 Å². The van der Waals surface area contributed by atoms with Crippen LogP contribution in [0.4, 0.5) is 13.2 Å². The van der Waals surface area contributed by atoms with Crippen molar-refractivity contribution in [1.82, 2.24) is 4.98 Å². The summed E-state index contributed by atoms with van der Waals surface area (Å²) < 4.78 is 36.7. The fourth-order valence-corrected chi connectivity index (χ4v) is 1.05. The van der Waals surface area contributed by atoms with Crippen molar-refractivity contribution in [2.75, 3.05) is 0 Å². The van der Waals surface area contributed by atoms with Gasteiger partial charge in [-0.25, -0.2) is 13.2 Å². The second-order valence-corrected chi connectivity index (χ2v) is 2.46. The van der Waals surface area contributed by atoms with Crippen LogP contribution >= 0.6 is 0 Å². The lowest BCUT2D eigenvalue weighted by atomic mass is 10.1. The standard InChI is InChI=1S/C8H8F3N/c1-5-3-12-4-6(2-9)7(5)8(10)11/h3-4,8H,2H2,1H3. The van der Waals surface area contributed by atoms with Gasteiger partial charge in [0.15, 0.2) is 0 Å². The molecule has 0 radical (unpaired) electrons. The lowest BCUT2D eigenvalue weighted by molar-refractivity contribution is 0.148. The number of hydrogen-bond acceptors (Lipinski definition) is 1. The maximum Gasteiger partial charge on any atom is 0.264 e. The van der Waals surface area contributed by atoms with E-state index >= 15 is 0 Å². The van der Waals surface area contributed by atoms with Gasteiger partial charge in [0.1, 0.15) is 6.67 Å². The maximum atomic E-state index is 12.3. The molecule has 0 N–H and O–H groups in total. The van der Waals surface area contributed by atoms with Gasteiger partial charge >= 0.3 is 0 Å². The van der Waals surface area contributed by atoms with Crippen molar-refractivity contribution in [1.29, 1.82) is 0 Å². The number of aryl methyl sites for hydroxylation is 1. The number of pyridine rings is 1. The molecule has 1 nitrogen and oxygen atoms in total. The molecule has 0 aliphatic rings. The van der Waals surface area contributed by atoms with E-state index in [1.54, 1.807) is 0 Å². The Kier molecular flexibility index (Phi) is 2.68. The van der Waals surface area contributed by atoms with Crippen LogP contribution in [-0.4, -0.2) is 4.98 Å². The van der Waals surface area contributed by atoms with Gasteiger partial charge in [-0.1, -0.05) is 0 Å². The molecule has 0 aliphatic carbocycles. The summed E-state index contributed by atoms with van der Waals surface area (Å²) in [6.45, 7) is 0.599. The van der Waals surface area contributed by atoms with Crippen molar-refractivity contribution in [2.45, 2.75) is 20.0 Å². The second kappa shape index (κ2) is 3.56. The molecule has 66 valence electrons. The minimum Gasteiger partial charge on any atom is -0.264 e. The Bertz CT molecular complexity index is 273. The Hall–Kier alpha value is -1.06. The van der Waals surface area contributed by atoms with Gasteiger partial charge in [-0.3, -0.25) is 4.98 Å². The lowest BCUT2D eigenvalue weighted by Crippen LogP contribution is -1.97. The Morgan fingerprint density at radius 1 is 1.42 bits per heavy atom. The molecule has 0 spiro atoms.